The number of ether oxygens (including phenoxy) is 3. The maximum Gasteiger partial charge on any atom is 0.310 e. The monoisotopic (exact) mass is 623 g/mol. The van der Waals surface area contributed by atoms with Gasteiger partial charge in [-0.3, -0.25) is 19.3 Å². The number of H-pyrrole nitrogens is 2. The lowest BCUT2D eigenvalue weighted by molar-refractivity contribution is -0.180. The number of pyridine rings is 2. The largest absolute Gasteiger partial charge is 0.504 e. The minimum Gasteiger partial charge on any atom is -0.504 e. The average Bonchev–Trinajstić information content (AvgIpc) is 2.94. The summed E-state index contributed by atoms with van der Waals surface area (Å²) in [5.41, 5.74) is -3.69. The number of aliphatic hydroxyl groups is 2. The van der Waals surface area contributed by atoms with Gasteiger partial charge in [-0.1, -0.05) is 12.1 Å². The number of nitrogens with zero attached hydrogens (tertiary/aromatic N) is 2. The topological polar surface area (TPSA) is 307 Å². The summed E-state index contributed by atoms with van der Waals surface area (Å²) in [6.45, 7) is -1.21. The molecule has 0 spiro atoms. The van der Waals surface area contributed by atoms with Crippen LogP contribution in [0.3, 0.4) is 0 Å². The van der Waals surface area contributed by atoms with E-state index in [0.29, 0.717) is 0 Å². The Hall–Kier alpha value is -5.73. The Bertz CT molecular complexity index is 1960. The molecule has 4 rings (SSSR count). The second-order valence-electron chi connectivity index (χ2n) is 8.31. The first kappa shape index (κ1) is 30.2. The molecule has 0 fully saturated rings. The number of hydrogen-bond donors (Lipinski definition) is 10. The van der Waals surface area contributed by atoms with Crippen molar-refractivity contribution < 1.29 is 58.4 Å². The number of aromatic hydroxyl groups is 5. The molecule has 19 nitrogen and oxygen atoms in total. The SMILES string of the molecule is COc1nc(-c2c(O)c(O)[nH]c(=O)c2O)nc(NS(=O)(=O)c2[nH]c(=O)c(C)c(O)c2O)c1Oc1ccccc1OC(O)O. The predicted octanol–water partition coefficient (Wildman–Crippen LogP) is -0.395. The summed E-state index contributed by atoms with van der Waals surface area (Å²) in [4.78, 5) is 35.7. The fourth-order valence-corrected chi connectivity index (χ4v) is 4.57. The van der Waals surface area contributed by atoms with Gasteiger partial charge >= 0.3 is 6.48 Å². The zero-order valence-electron chi connectivity index (χ0n) is 21.7. The first-order valence-electron chi connectivity index (χ1n) is 11.5. The molecule has 0 bridgehead atoms. The van der Waals surface area contributed by atoms with E-state index < -0.39 is 95.9 Å². The third-order valence-corrected chi connectivity index (χ3v) is 6.85. The zero-order chi connectivity index (χ0) is 31.8. The van der Waals surface area contributed by atoms with Gasteiger partial charge in [0.15, 0.2) is 46.1 Å². The van der Waals surface area contributed by atoms with Crippen LogP contribution < -0.4 is 30.1 Å². The van der Waals surface area contributed by atoms with E-state index in [-0.39, 0.29) is 11.5 Å². The van der Waals surface area contributed by atoms with Crippen molar-refractivity contribution in [2.45, 2.75) is 18.4 Å². The highest BCUT2D eigenvalue weighted by atomic mass is 32.2. The van der Waals surface area contributed by atoms with Crippen molar-refractivity contribution in [3.63, 3.8) is 0 Å². The van der Waals surface area contributed by atoms with Gasteiger partial charge in [0, 0.05) is 0 Å². The summed E-state index contributed by atoms with van der Waals surface area (Å²) in [5.74, 6) is -9.42. The molecule has 0 radical (unpaired) electrons. The van der Waals surface area contributed by atoms with E-state index in [2.05, 4.69) is 9.97 Å². The molecule has 0 amide bonds. The predicted molar refractivity (Wildman–Crippen MR) is 141 cm³/mol. The summed E-state index contributed by atoms with van der Waals surface area (Å²) >= 11 is 0. The maximum absolute atomic E-state index is 13.4. The number of para-hydroxylation sites is 2. The fourth-order valence-electron chi connectivity index (χ4n) is 3.50. The molecule has 10 N–H and O–H groups in total. The highest BCUT2D eigenvalue weighted by molar-refractivity contribution is 7.92. The van der Waals surface area contributed by atoms with E-state index in [1.807, 2.05) is 9.71 Å². The van der Waals surface area contributed by atoms with Crippen molar-refractivity contribution >= 4 is 15.8 Å². The molecule has 0 aliphatic heterocycles. The normalized spacial score (nSPS) is 11.4. The average molecular weight is 624 g/mol. The van der Waals surface area contributed by atoms with Crippen molar-refractivity contribution in [3.05, 3.63) is 50.5 Å². The van der Waals surface area contributed by atoms with Gasteiger partial charge in [-0.05, 0) is 19.1 Å². The van der Waals surface area contributed by atoms with Gasteiger partial charge in [-0.2, -0.15) is 13.4 Å². The first-order valence-corrected chi connectivity index (χ1v) is 12.9. The number of sulfonamides is 1. The van der Waals surface area contributed by atoms with Crippen LogP contribution >= 0.6 is 0 Å². The number of aliphatic hydroxyl groups excluding tert-OH is 1. The molecule has 0 aliphatic rings. The van der Waals surface area contributed by atoms with Crippen molar-refractivity contribution in [1.82, 2.24) is 19.9 Å². The summed E-state index contributed by atoms with van der Waals surface area (Å²) in [6.07, 6.45) is 0. The van der Waals surface area contributed by atoms with Crippen molar-refractivity contribution in [2.75, 3.05) is 11.8 Å². The molecule has 0 atom stereocenters. The molecule has 3 aromatic heterocycles. The minimum absolute atomic E-state index is 0.294. The summed E-state index contributed by atoms with van der Waals surface area (Å²) in [6, 6.07) is 5.29. The number of aromatic amines is 2. The Labute approximate surface area is 238 Å². The Morgan fingerprint density at radius 3 is 2.16 bits per heavy atom. The molecule has 43 heavy (non-hydrogen) atoms. The van der Waals surface area contributed by atoms with Gasteiger partial charge in [0.05, 0.1) is 12.7 Å². The number of hydrogen-bond acceptors (Lipinski definition) is 16. The Kier molecular flexibility index (Phi) is 7.92. The van der Waals surface area contributed by atoms with E-state index >= 15 is 0 Å². The molecule has 4 aromatic rings. The van der Waals surface area contributed by atoms with Crippen LogP contribution in [0.1, 0.15) is 5.56 Å². The third kappa shape index (κ3) is 5.72. The summed E-state index contributed by atoms with van der Waals surface area (Å²) in [5, 5.41) is 68.1. The molecule has 3 heterocycles. The lowest BCUT2D eigenvalue weighted by atomic mass is 10.2. The number of rotatable bonds is 9. The van der Waals surface area contributed by atoms with E-state index in [1.165, 1.54) is 24.3 Å². The van der Waals surface area contributed by atoms with Crippen molar-refractivity contribution in [1.29, 1.82) is 0 Å². The second-order valence-corrected chi connectivity index (χ2v) is 9.93. The van der Waals surface area contributed by atoms with Gasteiger partial charge in [-0.25, -0.2) is 4.98 Å². The van der Waals surface area contributed by atoms with E-state index in [9.17, 15) is 53.8 Å². The summed E-state index contributed by atoms with van der Waals surface area (Å²) < 4.78 is 44.3. The maximum atomic E-state index is 13.4. The minimum atomic E-state index is -5.11. The third-order valence-electron chi connectivity index (χ3n) is 5.55. The fraction of sp³-hybridized carbons (Fsp3) is 0.130. The van der Waals surface area contributed by atoms with Crippen LogP contribution in [0.25, 0.3) is 11.4 Å². The van der Waals surface area contributed by atoms with E-state index in [0.717, 1.165) is 14.0 Å². The zero-order valence-corrected chi connectivity index (χ0v) is 22.5. The van der Waals surface area contributed by atoms with E-state index in [1.54, 1.807) is 4.98 Å². The molecule has 0 aliphatic carbocycles. The molecule has 0 saturated carbocycles. The van der Waals surface area contributed by atoms with Gasteiger partial charge in [-0.15, -0.1) is 0 Å². The molecule has 0 saturated heterocycles. The van der Waals surface area contributed by atoms with Gasteiger partial charge in [0.2, 0.25) is 16.7 Å². The first-order chi connectivity index (χ1) is 20.2. The number of aromatic nitrogens is 4. The molecule has 228 valence electrons. The summed E-state index contributed by atoms with van der Waals surface area (Å²) in [7, 11) is -4.08. The number of anilines is 1. The van der Waals surface area contributed by atoms with Crippen LogP contribution in [-0.4, -0.2) is 77.7 Å². The van der Waals surface area contributed by atoms with Gasteiger partial charge in [0.1, 0.15) is 5.56 Å². The molecular weight excluding hydrogens is 602 g/mol. The Balaban J connectivity index is 2.00. The molecule has 0 unspecified atom stereocenters. The van der Waals surface area contributed by atoms with Gasteiger partial charge in [0.25, 0.3) is 27.0 Å². The number of methoxy groups -OCH3 is 1. The van der Waals surface area contributed by atoms with E-state index in [4.69, 9.17) is 14.2 Å². The van der Waals surface area contributed by atoms with Crippen molar-refractivity contribution in [2.24, 2.45) is 0 Å². The molecule has 1 aromatic carbocycles. The highest BCUT2D eigenvalue weighted by Gasteiger charge is 2.31. The second kappa shape index (κ2) is 11.3. The quantitative estimate of drug-likeness (QED) is 0.106. The van der Waals surface area contributed by atoms with Crippen LogP contribution in [-0.2, 0) is 10.0 Å². The smallest absolute Gasteiger partial charge is 0.310 e. The Morgan fingerprint density at radius 2 is 1.53 bits per heavy atom. The van der Waals surface area contributed by atoms with Crippen LogP contribution in [0.15, 0.2) is 38.9 Å². The number of nitrogens with one attached hydrogen (secondary N) is 3. The van der Waals surface area contributed by atoms with Crippen LogP contribution in [0, 0.1) is 6.92 Å². The lowest BCUT2D eigenvalue weighted by Crippen LogP contribution is -2.21. The van der Waals surface area contributed by atoms with Crippen LogP contribution in [0.2, 0.25) is 0 Å². The standard InChI is InChI=1S/C23H21N5O14S/c1-7-11(29)14(32)22(27-18(7)33)43(38,39)28-17-15(41-8-5-3-4-6-9(8)42-23(36)37)21(40-2)25-16(24-17)10-12(30)19(34)26-20(35)13(10)31/h3-6,23,30-32,36-37H,1-2H3,(H,24,25,28)(H2,26,34,35)(H2,27,29,33). The van der Waals surface area contributed by atoms with Crippen molar-refractivity contribution in [3.8, 4) is 63.4 Å². The Morgan fingerprint density at radius 1 is 0.884 bits per heavy atom. The van der Waals surface area contributed by atoms with Crippen LogP contribution in [0.5, 0.6) is 52.0 Å². The molecule has 20 heteroatoms. The van der Waals surface area contributed by atoms with Crippen LogP contribution in [0.4, 0.5) is 5.82 Å². The lowest BCUT2D eigenvalue weighted by Gasteiger charge is -2.18. The van der Waals surface area contributed by atoms with Gasteiger partial charge < -0.3 is 54.9 Å². The molecular formula is C23H21N5O14S. The highest BCUT2D eigenvalue weighted by Crippen LogP contribution is 2.45. The number of benzene rings is 1.